The number of aryl methyl sites for hydroxylation is 1. The standard InChI is InChI=1S/C10H11NO2/c1-6-3-7-4-8(11)5-9(12-2)10(7)13-6/h3-5H,11H2,1-2H3. The van der Waals surface area contributed by atoms with Gasteiger partial charge in [0.2, 0.25) is 0 Å². The first-order valence-electron chi connectivity index (χ1n) is 4.04. The Morgan fingerprint density at radius 1 is 1.31 bits per heavy atom. The molecule has 2 aromatic rings. The molecule has 1 aromatic heterocycles. The Bertz CT molecular complexity index is 445. The zero-order valence-electron chi connectivity index (χ0n) is 7.63. The van der Waals surface area contributed by atoms with E-state index in [2.05, 4.69) is 0 Å². The molecule has 2 rings (SSSR count). The Labute approximate surface area is 76.1 Å². The number of methoxy groups -OCH3 is 1. The van der Waals surface area contributed by atoms with Gasteiger partial charge < -0.3 is 14.9 Å². The highest BCUT2D eigenvalue weighted by Crippen LogP contribution is 2.30. The van der Waals surface area contributed by atoms with Crippen LogP contribution in [-0.4, -0.2) is 7.11 Å². The van der Waals surface area contributed by atoms with E-state index in [0.717, 1.165) is 16.7 Å². The Hall–Kier alpha value is -1.64. The van der Waals surface area contributed by atoms with Gasteiger partial charge in [-0.3, -0.25) is 0 Å². The van der Waals surface area contributed by atoms with Crippen LogP contribution in [0.5, 0.6) is 5.75 Å². The van der Waals surface area contributed by atoms with Gasteiger partial charge in [0, 0.05) is 17.1 Å². The Morgan fingerprint density at radius 2 is 2.08 bits per heavy atom. The van der Waals surface area contributed by atoms with Gasteiger partial charge in [0.1, 0.15) is 5.76 Å². The largest absolute Gasteiger partial charge is 0.493 e. The van der Waals surface area contributed by atoms with E-state index >= 15 is 0 Å². The lowest BCUT2D eigenvalue weighted by Gasteiger charge is -2.01. The smallest absolute Gasteiger partial charge is 0.176 e. The van der Waals surface area contributed by atoms with Crippen LogP contribution in [0.2, 0.25) is 0 Å². The molecule has 1 heterocycles. The first-order valence-corrected chi connectivity index (χ1v) is 4.04. The van der Waals surface area contributed by atoms with Crippen LogP contribution in [0.1, 0.15) is 5.76 Å². The van der Waals surface area contributed by atoms with E-state index in [-0.39, 0.29) is 0 Å². The second kappa shape index (κ2) is 2.69. The minimum atomic E-state index is 0.683. The van der Waals surface area contributed by atoms with E-state index in [4.69, 9.17) is 14.9 Å². The Balaban J connectivity index is 2.80. The molecule has 0 atom stereocenters. The number of ether oxygens (including phenoxy) is 1. The number of benzene rings is 1. The molecule has 0 amide bonds. The summed E-state index contributed by atoms with van der Waals surface area (Å²) < 4.78 is 10.6. The number of hydrogen-bond donors (Lipinski definition) is 1. The van der Waals surface area contributed by atoms with Crippen molar-refractivity contribution in [2.24, 2.45) is 0 Å². The molecule has 0 saturated carbocycles. The highest BCUT2D eigenvalue weighted by molar-refractivity contribution is 5.87. The first kappa shape index (κ1) is 7.98. The average Bonchev–Trinajstić information content (AvgIpc) is 2.43. The number of fused-ring (bicyclic) bond motifs is 1. The monoisotopic (exact) mass is 177 g/mol. The van der Waals surface area contributed by atoms with Gasteiger partial charge in [-0.25, -0.2) is 0 Å². The van der Waals surface area contributed by atoms with E-state index in [9.17, 15) is 0 Å². The van der Waals surface area contributed by atoms with Crippen LogP contribution in [0.3, 0.4) is 0 Å². The van der Waals surface area contributed by atoms with Gasteiger partial charge in [-0.1, -0.05) is 0 Å². The SMILES string of the molecule is COc1cc(N)cc2cc(C)oc12. The fourth-order valence-electron chi connectivity index (χ4n) is 1.42. The molecule has 0 fully saturated rings. The molecule has 0 aliphatic heterocycles. The third-order valence-electron chi connectivity index (χ3n) is 1.95. The summed E-state index contributed by atoms with van der Waals surface area (Å²) in [6.45, 7) is 1.90. The highest BCUT2D eigenvalue weighted by atomic mass is 16.5. The van der Waals surface area contributed by atoms with Gasteiger partial charge in [0.15, 0.2) is 11.3 Å². The van der Waals surface area contributed by atoms with Gasteiger partial charge in [0.25, 0.3) is 0 Å². The lowest BCUT2D eigenvalue weighted by atomic mass is 10.2. The molecule has 0 aliphatic rings. The summed E-state index contributed by atoms with van der Waals surface area (Å²) in [4.78, 5) is 0. The summed E-state index contributed by atoms with van der Waals surface area (Å²) >= 11 is 0. The molecule has 0 aliphatic carbocycles. The minimum Gasteiger partial charge on any atom is -0.493 e. The summed E-state index contributed by atoms with van der Waals surface area (Å²) in [5.74, 6) is 1.54. The molecule has 2 N–H and O–H groups in total. The van der Waals surface area contributed by atoms with Gasteiger partial charge in [-0.05, 0) is 19.1 Å². The van der Waals surface area contributed by atoms with E-state index in [0.29, 0.717) is 11.4 Å². The molecular weight excluding hydrogens is 166 g/mol. The van der Waals surface area contributed by atoms with Crippen LogP contribution in [0, 0.1) is 6.92 Å². The van der Waals surface area contributed by atoms with E-state index in [1.54, 1.807) is 13.2 Å². The third-order valence-corrected chi connectivity index (χ3v) is 1.95. The minimum absolute atomic E-state index is 0.683. The molecule has 1 aromatic carbocycles. The quantitative estimate of drug-likeness (QED) is 0.680. The van der Waals surface area contributed by atoms with Crippen molar-refractivity contribution in [3.8, 4) is 5.75 Å². The molecule has 0 unspecified atom stereocenters. The maximum Gasteiger partial charge on any atom is 0.176 e. The zero-order chi connectivity index (χ0) is 9.42. The summed E-state index contributed by atoms with van der Waals surface area (Å²) in [7, 11) is 1.60. The van der Waals surface area contributed by atoms with Crippen molar-refractivity contribution in [3.63, 3.8) is 0 Å². The number of anilines is 1. The zero-order valence-corrected chi connectivity index (χ0v) is 7.63. The van der Waals surface area contributed by atoms with Crippen LogP contribution >= 0.6 is 0 Å². The van der Waals surface area contributed by atoms with Crippen LogP contribution in [-0.2, 0) is 0 Å². The Morgan fingerprint density at radius 3 is 2.77 bits per heavy atom. The molecule has 0 bridgehead atoms. The predicted octanol–water partition coefficient (Wildman–Crippen LogP) is 2.33. The van der Waals surface area contributed by atoms with Gasteiger partial charge in [-0.2, -0.15) is 0 Å². The molecule has 68 valence electrons. The van der Waals surface area contributed by atoms with Crippen LogP contribution in [0.25, 0.3) is 11.0 Å². The lowest BCUT2D eigenvalue weighted by molar-refractivity contribution is 0.409. The molecule has 3 nitrogen and oxygen atoms in total. The molecular formula is C10H11NO2. The van der Waals surface area contributed by atoms with Crippen molar-refractivity contribution in [2.45, 2.75) is 6.92 Å². The molecule has 0 saturated heterocycles. The summed E-state index contributed by atoms with van der Waals surface area (Å²) in [6, 6.07) is 5.56. The topological polar surface area (TPSA) is 48.4 Å². The average molecular weight is 177 g/mol. The van der Waals surface area contributed by atoms with Crippen LogP contribution in [0.15, 0.2) is 22.6 Å². The number of nitrogens with two attached hydrogens (primary N) is 1. The number of rotatable bonds is 1. The van der Waals surface area contributed by atoms with Crippen molar-refractivity contribution in [3.05, 3.63) is 24.0 Å². The molecule has 0 spiro atoms. The van der Waals surface area contributed by atoms with Crippen LogP contribution < -0.4 is 10.5 Å². The fraction of sp³-hybridized carbons (Fsp3) is 0.200. The third kappa shape index (κ3) is 1.22. The van der Waals surface area contributed by atoms with E-state index in [1.807, 2.05) is 19.1 Å². The highest BCUT2D eigenvalue weighted by Gasteiger charge is 2.07. The van der Waals surface area contributed by atoms with Crippen molar-refractivity contribution in [2.75, 3.05) is 12.8 Å². The molecule has 0 radical (unpaired) electrons. The molecule has 13 heavy (non-hydrogen) atoms. The van der Waals surface area contributed by atoms with Crippen molar-refractivity contribution in [1.29, 1.82) is 0 Å². The number of nitrogen functional groups attached to an aromatic ring is 1. The van der Waals surface area contributed by atoms with Crippen molar-refractivity contribution < 1.29 is 9.15 Å². The van der Waals surface area contributed by atoms with E-state index in [1.165, 1.54) is 0 Å². The predicted molar refractivity (Wildman–Crippen MR) is 51.9 cm³/mol. The summed E-state index contributed by atoms with van der Waals surface area (Å²) in [5, 5.41) is 0.981. The number of hydrogen-bond acceptors (Lipinski definition) is 3. The Kier molecular flexibility index (Phi) is 1.65. The fourth-order valence-corrected chi connectivity index (χ4v) is 1.42. The van der Waals surface area contributed by atoms with Gasteiger partial charge in [0.05, 0.1) is 7.11 Å². The lowest BCUT2D eigenvalue weighted by Crippen LogP contribution is -1.87. The second-order valence-electron chi connectivity index (χ2n) is 3.00. The number of furan rings is 1. The normalized spacial score (nSPS) is 10.6. The van der Waals surface area contributed by atoms with Crippen molar-refractivity contribution >= 4 is 16.7 Å². The van der Waals surface area contributed by atoms with Crippen LogP contribution in [0.4, 0.5) is 5.69 Å². The maximum atomic E-state index is 5.69. The second-order valence-corrected chi connectivity index (χ2v) is 3.00. The summed E-state index contributed by atoms with van der Waals surface area (Å²) in [6.07, 6.45) is 0. The van der Waals surface area contributed by atoms with Gasteiger partial charge in [-0.15, -0.1) is 0 Å². The van der Waals surface area contributed by atoms with Gasteiger partial charge >= 0.3 is 0 Å². The van der Waals surface area contributed by atoms with Crippen molar-refractivity contribution in [1.82, 2.24) is 0 Å². The van der Waals surface area contributed by atoms with E-state index < -0.39 is 0 Å². The maximum absolute atomic E-state index is 5.69. The molecule has 3 heteroatoms. The summed E-state index contributed by atoms with van der Waals surface area (Å²) in [5.41, 5.74) is 7.13. The first-order chi connectivity index (χ1) is 6.20.